The Labute approximate surface area is 103 Å². The minimum Gasteiger partial charge on any atom is -0.465 e. The Morgan fingerprint density at radius 2 is 1.88 bits per heavy atom. The van der Waals surface area contributed by atoms with Gasteiger partial charge in [-0.1, -0.05) is 32.9 Å². The average molecular weight is 237 g/mol. The van der Waals surface area contributed by atoms with E-state index in [-0.39, 0.29) is 17.5 Å². The molecule has 1 N–H and O–H groups in total. The molecule has 3 atom stereocenters. The zero-order valence-electron chi connectivity index (χ0n) is 11.0. The maximum Gasteiger partial charge on any atom is 0.407 e. The molecule has 1 heterocycles. The molecular formula is C14H23NO2. The van der Waals surface area contributed by atoms with E-state index < -0.39 is 6.09 Å². The molecule has 0 aromatic rings. The van der Waals surface area contributed by atoms with Gasteiger partial charge < -0.3 is 10.0 Å². The molecule has 1 aliphatic heterocycles. The third-order valence-electron chi connectivity index (χ3n) is 4.25. The summed E-state index contributed by atoms with van der Waals surface area (Å²) in [7, 11) is 0. The first-order chi connectivity index (χ1) is 7.91. The first-order valence-electron chi connectivity index (χ1n) is 6.57. The maximum absolute atomic E-state index is 11.6. The minimum atomic E-state index is -0.741. The molecule has 1 aliphatic carbocycles. The van der Waals surface area contributed by atoms with Crippen LogP contribution in [0.15, 0.2) is 12.2 Å². The molecule has 1 amide bonds. The highest BCUT2D eigenvalue weighted by Gasteiger charge is 2.44. The Bertz CT molecular complexity index is 330. The van der Waals surface area contributed by atoms with Crippen LogP contribution in [0.4, 0.5) is 4.79 Å². The van der Waals surface area contributed by atoms with Crippen molar-refractivity contribution in [1.82, 2.24) is 4.90 Å². The molecule has 0 radical (unpaired) electrons. The molecule has 0 bridgehead atoms. The second-order valence-electron chi connectivity index (χ2n) is 6.42. The smallest absolute Gasteiger partial charge is 0.407 e. The van der Waals surface area contributed by atoms with E-state index in [0.717, 1.165) is 19.3 Å². The van der Waals surface area contributed by atoms with Crippen LogP contribution in [0.1, 0.15) is 46.5 Å². The van der Waals surface area contributed by atoms with Crippen molar-refractivity contribution >= 4 is 6.09 Å². The van der Waals surface area contributed by atoms with E-state index in [1.54, 1.807) is 4.90 Å². The summed E-state index contributed by atoms with van der Waals surface area (Å²) in [6.45, 7) is 6.44. The van der Waals surface area contributed by atoms with Crippen LogP contribution in [0, 0.1) is 11.3 Å². The molecule has 3 unspecified atom stereocenters. The SMILES string of the molecule is CC(C)(C)C1CCC2CC=CCC2N1C(=O)O. The molecule has 3 nitrogen and oxygen atoms in total. The number of carboxylic acid groups (broad SMARTS) is 1. The Kier molecular flexibility index (Phi) is 3.19. The van der Waals surface area contributed by atoms with Gasteiger partial charge >= 0.3 is 6.09 Å². The minimum absolute atomic E-state index is 0.0323. The number of hydrogen-bond donors (Lipinski definition) is 1. The topological polar surface area (TPSA) is 40.5 Å². The first-order valence-corrected chi connectivity index (χ1v) is 6.57. The lowest BCUT2D eigenvalue weighted by Crippen LogP contribution is -2.57. The molecule has 96 valence electrons. The Morgan fingerprint density at radius 1 is 1.24 bits per heavy atom. The second kappa shape index (κ2) is 4.35. The highest BCUT2D eigenvalue weighted by Crippen LogP contribution is 2.41. The number of fused-ring (bicyclic) bond motifs is 1. The van der Waals surface area contributed by atoms with E-state index in [0.29, 0.717) is 5.92 Å². The van der Waals surface area contributed by atoms with Gasteiger partial charge in [-0.15, -0.1) is 0 Å². The van der Waals surface area contributed by atoms with Gasteiger partial charge in [0.2, 0.25) is 0 Å². The lowest BCUT2D eigenvalue weighted by molar-refractivity contribution is -0.00155. The van der Waals surface area contributed by atoms with Crippen molar-refractivity contribution in [3.63, 3.8) is 0 Å². The monoisotopic (exact) mass is 237 g/mol. The second-order valence-corrected chi connectivity index (χ2v) is 6.42. The van der Waals surface area contributed by atoms with E-state index in [2.05, 4.69) is 32.9 Å². The van der Waals surface area contributed by atoms with Crippen molar-refractivity contribution < 1.29 is 9.90 Å². The van der Waals surface area contributed by atoms with Crippen molar-refractivity contribution in [2.75, 3.05) is 0 Å². The molecule has 0 saturated carbocycles. The normalized spacial score (nSPS) is 33.4. The number of rotatable bonds is 0. The number of allylic oxidation sites excluding steroid dienone is 1. The van der Waals surface area contributed by atoms with Crippen LogP contribution in [-0.4, -0.2) is 28.2 Å². The van der Waals surface area contributed by atoms with Gasteiger partial charge in [0.25, 0.3) is 0 Å². The Hall–Kier alpha value is -0.990. The number of piperidine rings is 1. The van der Waals surface area contributed by atoms with E-state index in [1.807, 2.05) is 0 Å². The molecule has 1 fully saturated rings. The molecule has 1 saturated heterocycles. The molecule has 2 rings (SSSR count). The molecule has 2 aliphatic rings. The fourth-order valence-electron chi connectivity index (χ4n) is 3.37. The first kappa shape index (κ1) is 12.5. The highest BCUT2D eigenvalue weighted by atomic mass is 16.4. The third kappa shape index (κ3) is 2.33. The summed E-state index contributed by atoms with van der Waals surface area (Å²) >= 11 is 0. The number of likely N-dealkylation sites (tertiary alicyclic amines) is 1. The van der Waals surface area contributed by atoms with Crippen LogP contribution in [0.5, 0.6) is 0 Å². The highest BCUT2D eigenvalue weighted by molar-refractivity contribution is 5.66. The summed E-state index contributed by atoms with van der Waals surface area (Å²) < 4.78 is 0. The predicted molar refractivity (Wildman–Crippen MR) is 68.0 cm³/mol. The van der Waals surface area contributed by atoms with E-state index >= 15 is 0 Å². The third-order valence-corrected chi connectivity index (χ3v) is 4.25. The van der Waals surface area contributed by atoms with Gasteiger partial charge in [0, 0.05) is 12.1 Å². The van der Waals surface area contributed by atoms with Crippen LogP contribution in [-0.2, 0) is 0 Å². The van der Waals surface area contributed by atoms with Crippen LogP contribution >= 0.6 is 0 Å². The van der Waals surface area contributed by atoms with Crippen LogP contribution in [0.25, 0.3) is 0 Å². The molecule has 0 aromatic carbocycles. The van der Waals surface area contributed by atoms with Crippen molar-refractivity contribution in [3.05, 3.63) is 12.2 Å². The van der Waals surface area contributed by atoms with E-state index in [9.17, 15) is 9.90 Å². The maximum atomic E-state index is 11.6. The number of nitrogens with zero attached hydrogens (tertiary/aromatic N) is 1. The molecular weight excluding hydrogens is 214 g/mol. The summed E-state index contributed by atoms with van der Waals surface area (Å²) in [5, 5.41) is 9.51. The molecule has 0 spiro atoms. The fourth-order valence-corrected chi connectivity index (χ4v) is 3.37. The number of carbonyl (C=O) groups is 1. The van der Waals surface area contributed by atoms with E-state index in [4.69, 9.17) is 0 Å². The van der Waals surface area contributed by atoms with Gasteiger partial charge in [-0.2, -0.15) is 0 Å². The van der Waals surface area contributed by atoms with Crippen molar-refractivity contribution in [1.29, 1.82) is 0 Å². The average Bonchev–Trinajstić information content (AvgIpc) is 2.26. The molecule has 0 aromatic heterocycles. The summed E-state index contributed by atoms with van der Waals surface area (Å²) in [5.74, 6) is 0.537. The zero-order valence-corrected chi connectivity index (χ0v) is 11.0. The van der Waals surface area contributed by atoms with E-state index in [1.165, 1.54) is 6.42 Å². The predicted octanol–water partition coefficient (Wildman–Crippen LogP) is 3.51. The van der Waals surface area contributed by atoms with Crippen LogP contribution in [0.2, 0.25) is 0 Å². The summed E-state index contributed by atoms with van der Waals surface area (Å²) in [6, 6.07) is 0.364. The zero-order chi connectivity index (χ0) is 12.6. The van der Waals surface area contributed by atoms with Crippen LogP contribution in [0.3, 0.4) is 0 Å². The van der Waals surface area contributed by atoms with Gasteiger partial charge in [0.1, 0.15) is 0 Å². The van der Waals surface area contributed by atoms with Gasteiger partial charge in [-0.25, -0.2) is 4.79 Å². The number of hydrogen-bond acceptors (Lipinski definition) is 1. The largest absolute Gasteiger partial charge is 0.465 e. The van der Waals surface area contributed by atoms with Gasteiger partial charge in [0.15, 0.2) is 0 Å². The molecule has 17 heavy (non-hydrogen) atoms. The summed E-state index contributed by atoms with van der Waals surface area (Å²) in [4.78, 5) is 13.3. The van der Waals surface area contributed by atoms with Gasteiger partial charge in [0.05, 0.1) is 0 Å². The lowest BCUT2D eigenvalue weighted by Gasteiger charge is -2.50. The molecule has 3 heteroatoms. The number of amides is 1. The standard InChI is InChI=1S/C14H23NO2/c1-14(2,3)12-9-8-10-6-4-5-7-11(10)15(12)13(16)17/h4-5,10-12H,6-9H2,1-3H3,(H,16,17). The Balaban J connectivity index is 2.26. The van der Waals surface area contributed by atoms with Crippen molar-refractivity contribution in [3.8, 4) is 0 Å². The van der Waals surface area contributed by atoms with Crippen molar-refractivity contribution in [2.24, 2.45) is 11.3 Å². The van der Waals surface area contributed by atoms with Crippen molar-refractivity contribution in [2.45, 2.75) is 58.5 Å². The summed E-state index contributed by atoms with van der Waals surface area (Å²) in [6.07, 6.45) is 7.72. The fraction of sp³-hybridized carbons (Fsp3) is 0.786. The van der Waals surface area contributed by atoms with Crippen LogP contribution < -0.4 is 0 Å². The Morgan fingerprint density at radius 3 is 2.47 bits per heavy atom. The quantitative estimate of drug-likeness (QED) is 0.655. The van der Waals surface area contributed by atoms with Gasteiger partial charge in [-0.05, 0) is 37.0 Å². The summed E-state index contributed by atoms with van der Waals surface area (Å²) in [5.41, 5.74) is 0.0323. The lowest BCUT2D eigenvalue weighted by atomic mass is 9.73. The van der Waals surface area contributed by atoms with Gasteiger partial charge in [-0.3, -0.25) is 0 Å².